The van der Waals surface area contributed by atoms with Crippen LogP contribution in [0.4, 0.5) is 30.2 Å². The molecule has 0 heterocycles. The zero-order valence-electron chi connectivity index (χ0n) is 8.68. The Hall–Kier alpha value is -2.17. The molecule has 5 heteroatoms. The van der Waals surface area contributed by atoms with Gasteiger partial charge in [0.05, 0.1) is 5.69 Å². The van der Waals surface area contributed by atoms with Crippen molar-refractivity contribution in [2.24, 2.45) is 0 Å². The van der Waals surface area contributed by atoms with Gasteiger partial charge in [0.1, 0.15) is 5.82 Å². The second-order valence-corrected chi connectivity index (χ2v) is 3.50. The molecule has 0 saturated heterocycles. The maximum Gasteiger partial charge on any atom is 0.161 e. The third kappa shape index (κ3) is 2.50. The summed E-state index contributed by atoms with van der Waals surface area (Å²) in [7, 11) is 0. The first kappa shape index (κ1) is 11.3. The van der Waals surface area contributed by atoms with Gasteiger partial charge in [-0.3, -0.25) is 0 Å². The van der Waals surface area contributed by atoms with Crippen LogP contribution in [0.3, 0.4) is 0 Å². The van der Waals surface area contributed by atoms with Crippen molar-refractivity contribution in [2.75, 3.05) is 11.1 Å². The second kappa shape index (κ2) is 4.37. The zero-order chi connectivity index (χ0) is 12.4. The van der Waals surface area contributed by atoms with Crippen LogP contribution >= 0.6 is 0 Å². The highest BCUT2D eigenvalue weighted by atomic mass is 19.2. The second-order valence-electron chi connectivity index (χ2n) is 3.50. The zero-order valence-corrected chi connectivity index (χ0v) is 8.68. The predicted octanol–water partition coefficient (Wildman–Crippen LogP) is 3.43. The average Bonchev–Trinajstić information content (AvgIpc) is 2.26. The highest BCUT2D eigenvalue weighted by Crippen LogP contribution is 2.23. The maximum absolute atomic E-state index is 13.3. The molecule has 0 saturated carbocycles. The summed E-state index contributed by atoms with van der Waals surface area (Å²) in [6, 6.07) is 7.76. The van der Waals surface area contributed by atoms with Crippen LogP contribution in [-0.4, -0.2) is 0 Å². The number of anilines is 3. The van der Waals surface area contributed by atoms with Crippen molar-refractivity contribution in [3.8, 4) is 0 Å². The number of hydrogen-bond acceptors (Lipinski definition) is 2. The van der Waals surface area contributed by atoms with Gasteiger partial charge < -0.3 is 11.1 Å². The topological polar surface area (TPSA) is 38.0 Å². The normalized spacial score (nSPS) is 10.3. The molecule has 0 amide bonds. The van der Waals surface area contributed by atoms with Gasteiger partial charge in [-0.2, -0.15) is 0 Å². The number of nitrogens with one attached hydrogen (secondary N) is 1. The van der Waals surface area contributed by atoms with E-state index >= 15 is 0 Å². The molecule has 2 nitrogen and oxygen atoms in total. The number of hydrogen-bond donors (Lipinski definition) is 2. The first-order valence-corrected chi connectivity index (χ1v) is 4.83. The Bertz CT molecular complexity index is 555. The molecule has 0 bridgehead atoms. The Morgan fingerprint density at radius 1 is 0.882 bits per heavy atom. The molecular weight excluding hydrogens is 229 g/mol. The van der Waals surface area contributed by atoms with Gasteiger partial charge in [0, 0.05) is 23.5 Å². The Morgan fingerprint density at radius 2 is 1.59 bits per heavy atom. The van der Waals surface area contributed by atoms with E-state index in [4.69, 9.17) is 5.73 Å². The number of halogens is 3. The SMILES string of the molecule is Nc1cccc(Nc2cc(F)c(F)cc2F)c1. The molecule has 0 aliphatic rings. The molecule has 2 aromatic rings. The van der Waals surface area contributed by atoms with Crippen molar-refractivity contribution in [1.82, 2.24) is 0 Å². The minimum Gasteiger partial charge on any atom is -0.399 e. The fourth-order valence-electron chi connectivity index (χ4n) is 1.39. The van der Waals surface area contributed by atoms with Crippen LogP contribution in [0.2, 0.25) is 0 Å². The first-order valence-electron chi connectivity index (χ1n) is 4.83. The molecule has 0 fully saturated rings. The summed E-state index contributed by atoms with van der Waals surface area (Å²) < 4.78 is 39.0. The third-order valence-electron chi connectivity index (χ3n) is 2.18. The number of nitrogens with two attached hydrogens (primary N) is 1. The smallest absolute Gasteiger partial charge is 0.161 e. The van der Waals surface area contributed by atoms with Gasteiger partial charge in [-0.15, -0.1) is 0 Å². The van der Waals surface area contributed by atoms with Crippen LogP contribution < -0.4 is 11.1 Å². The standard InChI is InChI=1S/C12H9F3N2/c13-9-5-11(15)12(6-10(9)14)17-8-3-1-2-7(16)4-8/h1-6,17H,16H2. The van der Waals surface area contributed by atoms with Crippen molar-refractivity contribution >= 4 is 17.1 Å². The van der Waals surface area contributed by atoms with Gasteiger partial charge in [-0.1, -0.05) is 6.07 Å². The lowest BCUT2D eigenvalue weighted by Gasteiger charge is -2.08. The molecule has 2 aromatic carbocycles. The largest absolute Gasteiger partial charge is 0.399 e. The summed E-state index contributed by atoms with van der Waals surface area (Å²) in [5, 5.41) is 2.62. The molecule has 17 heavy (non-hydrogen) atoms. The van der Waals surface area contributed by atoms with E-state index in [0.717, 1.165) is 6.07 Å². The van der Waals surface area contributed by atoms with E-state index in [0.29, 0.717) is 17.4 Å². The van der Waals surface area contributed by atoms with Crippen molar-refractivity contribution in [3.05, 3.63) is 53.8 Å². The Labute approximate surface area is 95.9 Å². The quantitative estimate of drug-likeness (QED) is 0.621. The van der Waals surface area contributed by atoms with Crippen molar-refractivity contribution in [1.29, 1.82) is 0 Å². The lowest BCUT2D eigenvalue weighted by atomic mass is 10.2. The Kier molecular flexibility index (Phi) is 2.91. The van der Waals surface area contributed by atoms with Gasteiger partial charge in [0.25, 0.3) is 0 Å². The van der Waals surface area contributed by atoms with E-state index in [2.05, 4.69) is 5.32 Å². The van der Waals surface area contributed by atoms with E-state index in [1.54, 1.807) is 24.3 Å². The monoisotopic (exact) mass is 238 g/mol. The number of benzene rings is 2. The Balaban J connectivity index is 2.33. The predicted molar refractivity (Wildman–Crippen MR) is 60.5 cm³/mol. The Morgan fingerprint density at radius 3 is 2.29 bits per heavy atom. The molecular formula is C12H9F3N2. The van der Waals surface area contributed by atoms with E-state index in [9.17, 15) is 13.2 Å². The first-order chi connectivity index (χ1) is 8.06. The summed E-state index contributed by atoms with van der Waals surface area (Å²) >= 11 is 0. The summed E-state index contributed by atoms with van der Waals surface area (Å²) in [6.45, 7) is 0. The van der Waals surface area contributed by atoms with Crippen molar-refractivity contribution in [3.63, 3.8) is 0 Å². The van der Waals surface area contributed by atoms with E-state index < -0.39 is 17.5 Å². The lowest BCUT2D eigenvalue weighted by Crippen LogP contribution is -1.97. The van der Waals surface area contributed by atoms with E-state index in [-0.39, 0.29) is 5.69 Å². The maximum atomic E-state index is 13.3. The van der Waals surface area contributed by atoms with E-state index in [1.807, 2.05) is 0 Å². The van der Waals surface area contributed by atoms with Crippen LogP contribution in [0.25, 0.3) is 0 Å². The molecule has 88 valence electrons. The van der Waals surface area contributed by atoms with Crippen LogP contribution in [0, 0.1) is 17.5 Å². The molecule has 3 N–H and O–H groups in total. The molecule has 0 unspecified atom stereocenters. The van der Waals surface area contributed by atoms with Gasteiger partial charge in [0.15, 0.2) is 11.6 Å². The van der Waals surface area contributed by atoms with Crippen molar-refractivity contribution in [2.45, 2.75) is 0 Å². The van der Waals surface area contributed by atoms with Crippen LogP contribution in [0.1, 0.15) is 0 Å². The van der Waals surface area contributed by atoms with Crippen LogP contribution in [0.15, 0.2) is 36.4 Å². The van der Waals surface area contributed by atoms with Gasteiger partial charge in [-0.25, -0.2) is 13.2 Å². The summed E-state index contributed by atoms with van der Waals surface area (Å²) in [4.78, 5) is 0. The van der Waals surface area contributed by atoms with Gasteiger partial charge in [0.2, 0.25) is 0 Å². The summed E-state index contributed by atoms with van der Waals surface area (Å²) in [6.07, 6.45) is 0. The van der Waals surface area contributed by atoms with Crippen LogP contribution in [0.5, 0.6) is 0 Å². The molecule has 0 aliphatic heterocycles. The minimum absolute atomic E-state index is 0.144. The average molecular weight is 238 g/mol. The van der Waals surface area contributed by atoms with E-state index in [1.165, 1.54) is 0 Å². The molecule has 0 aromatic heterocycles. The van der Waals surface area contributed by atoms with Crippen LogP contribution in [-0.2, 0) is 0 Å². The number of rotatable bonds is 2. The minimum atomic E-state index is -1.22. The lowest BCUT2D eigenvalue weighted by molar-refractivity contribution is 0.496. The molecule has 0 radical (unpaired) electrons. The van der Waals surface area contributed by atoms with Gasteiger partial charge in [-0.05, 0) is 18.2 Å². The summed E-state index contributed by atoms with van der Waals surface area (Å²) in [5.74, 6) is -3.20. The molecule has 2 rings (SSSR count). The molecule has 0 spiro atoms. The fourth-order valence-corrected chi connectivity index (χ4v) is 1.39. The highest BCUT2D eigenvalue weighted by molar-refractivity contribution is 5.63. The summed E-state index contributed by atoms with van der Waals surface area (Å²) in [5.41, 5.74) is 6.37. The molecule has 0 atom stereocenters. The van der Waals surface area contributed by atoms with Crippen molar-refractivity contribution < 1.29 is 13.2 Å². The highest BCUT2D eigenvalue weighted by Gasteiger charge is 2.09. The third-order valence-corrected chi connectivity index (χ3v) is 2.18. The fraction of sp³-hybridized carbons (Fsp3) is 0. The number of nitrogen functional groups attached to an aromatic ring is 1. The van der Waals surface area contributed by atoms with Gasteiger partial charge >= 0.3 is 0 Å². The molecule has 0 aliphatic carbocycles.